The van der Waals surface area contributed by atoms with Gasteiger partial charge in [-0.2, -0.15) is 0 Å². The molecule has 4 heavy (non-hydrogen) atoms. The Hall–Kier alpha value is 3.61. The Kier molecular flexibility index (Phi) is 102. The summed E-state index contributed by atoms with van der Waals surface area (Å²) in [6.07, 6.45) is 0. The second kappa shape index (κ2) is 16.0. The molecule has 0 atom stereocenters. The van der Waals surface area contributed by atoms with Crippen molar-refractivity contribution >= 4 is 79.3 Å². The molecule has 0 unspecified atom stereocenters. The molecule has 0 aromatic carbocycles. The second-order valence-corrected chi connectivity index (χ2v) is 0. The molecule has 0 fully saturated rings. The summed E-state index contributed by atoms with van der Waals surface area (Å²) in [7, 11) is 0. The van der Waals surface area contributed by atoms with Gasteiger partial charge in [0.2, 0.25) is 0 Å². The van der Waals surface area contributed by atoms with Gasteiger partial charge in [0.1, 0.15) is 0 Å². The van der Waals surface area contributed by atoms with E-state index in [2.05, 4.69) is 0 Å². The molecule has 10 radical (unpaired) electrons. The minimum atomic E-state index is 0. The van der Waals surface area contributed by atoms with Gasteiger partial charge in [-0.15, -0.1) is 0 Å². The van der Waals surface area contributed by atoms with Crippen LogP contribution in [0.25, 0.3) is 0 Å². The molecule has 0 saturated heterocycles. The number of hydrogen-bond acceptors (Lipinski definition) is 0. The fraction of sp³-hybridized carbons (Fsp3) is 0. The molecule has 0 heterocycles. The maximum atomic E-state index is 0. The van der Waals surface area contributed by atoms with Crippen molar-refractivity contribution in [2.24, 2.45) is 0 Å². The van der Waals surface area contributed by atoms with Crippen LogP contribution in [-0.4, -0.2) is 79.3 Å². The van der Waals surface area contributed by atoms with E-state index >= 15 is 0 Å². The van der Waals surface area contributed by atoms with Crippen LogP contribution in [0.15, 0.2) is 0 Å². The average molecular weight is 732 g/mol. The van der Waals surface area contributed by atoms with Gasteiger partial charge in [0, 0.05) is 107 Å². The number of rotatable bonds is 0. The number of hydrogen-bond donors (Lipinski definition) is 0. The van der Waals surface area contributed by atoms with Gasteiger partial charge in [-0.05, 0) is 0 Å². The maximum absolute atomic E-state index is 0. The molecule has 0 N–H and O–H groups in total. The Morgan fingerprint density at radius 3 is 1.00 bits per heavy atom. The van der Waals surface area contributed by atoms with E-state index in [1.807, 2.05) is 0 Å². The van der Waals surface area contributed by atoms with Gasteiger partial charge < -0.3 is 0 Å². The van der Waals surface area contributed by atoms with Gasteiger partial charge in [-0.1, -0.05) is 0 Å². The van der Waals surface area contributed by atoms with Gasteiger partial charge in [0.25, 0.3) is 0 Å². The minimum absolute atomic E-state index is 0. The smallest absolute Gasteiger partial charge is 0 e. The summed E-state index contributed by atoms with van der Waals surface area (Å²) in [4.78, 5) is 0. The molecule has 4 heteroatoms. The summed E-state index contributed by atoms with van der Waals surface area (Å²) in [5, 5.41) is 0. The zero-order valence-corrected chi connectivity index (χ0v) is 18.4. The van der Waals surface area contributed by atoms with Gasteiger partial charge in [0.05, 0.1) is 0 Å². The third-order valence-electron chi connectivity index (χ3n) is 0. The standard InChI is InChI=1S/Bi.Hg.In.Pb. The third kappa shape index (κ3) is 9.15. The monoisotopic (exact) mass is 734 g/mol. The molecular weight excluding hydrogens is 732 g/mol. The predicted molar refractivity (Wildman–Crippen MR) is 17.3 cm³/mol. The quantitative estimate of drug-likeness (QED) is 0.277. The molecule has 14 valence electrons. The van der Waals surface area contributed by atoms with Crippen molar-refractivity contribution in [2.45, 2.75) is 0 Å². The molecule has 0 nitrogen and oxygen atoms in total. The summed E-state index contributed by atoms with van der Waals surface area (Å²) in [5.74, 6) is 0. The minimum Gasteiger partial charge on any atom is 0 e. The molecule has 0 aromatic heterocycles. The maximum Gasteiger partial charge on any atom is 0 e. The molecule has 0 amide bonds. The summed E-state index contributed by atoms with van der Waals surface area (Å²) in [5.41, 5.74) is 0. The Labute approximate surface area is 104 Å². The first-order chi connectivity index (χ1) is 0. The van der Waals surface area contributed by atoms with E-state index in [1.54, 1.807) is 0 Å². The fourth-order valence-corrected chi connectivity index (χ4v) is 0. The third-order valence-corrected chi connectivity index (χ3v) is 0. The van der Waals surface area contributed by atoms with E-state index in [-0.39, 0.29) is 107 Å². The molecule has 0 aromatic rings. The second-order valence-electron chi connectivity index (χ2n) is 0. The van der Waals surface area contributed by atoms with Crippen LogP contribution in [0.4, 0.5) is 0 Å². The van der Waals surface area contributed by atoms with Crippen LogP contribution in [0.2, 0.25) is 0 Å². The van der Waals surface area contributed by atoms with Crippen LogP contribution in [0, 0.1) is 0 Å². The van der Waals surface area contributed by atoms with E-state index < -0.39 is 0 Å². The largest absolute Gasteiger partial charge is 0 e. The average Bonchev–Trinajstić information content (AvgIpc) is 0. The van der Waals surface area contributed by atoms with Crippen LogP contribution < -0.4 is 0 Å². The van der Waals surface area contributed by atoms with Crippen molar-refractivity contribution in [3.8, 4) is 0 Å². The predicted octanol–water partition coefficient (Wildman–Crippen LogP) is -1.14. The van der Waals surface area contributed by atoms with E-state index in [1.165, 1.54) is 0 Å². The summed E-state index contributed by atoms with van der Waals surface area (Å²) < 4.78 is 0. The molecule has 0 aliphatic heterocycles. The topological polar surface area (TPSA) is 0 Å². The Morgan fingerprint density at radius 2 is 1.00 bits per heavy atom. The van der Waals surface area contributed by atoms with Crippen LogP contribution >= 0.6 is 0 Å². The first kappa shape index (κ1) is 25.5. The van der Waals surface area contributed by atoms with E-state index in [4.69, 9.17) is 0 Å². The van der Waals surface area contributed by atoms with Crippen molar-refractivity contribution in [3.05, 3.63) is 0 Å². The van der Waals surface area contributed by atoms with Crippen LogP contribution in [0.1, 0.15) is 0 Å². The molecule has 0 spiro atoms. The summed E-state index contributed by atoms with van der Waals surface area (Å²) in [6.45, 7) is 0. The van der Waals surface area contributed by atoms with Crippen molar-refractivity contribution in [1.82, 2.24) is 0 Å². The molecule has 0 aliphatic rings. The van der Waals surface area contributed by atoms with Gasteiger partial charge >= 0.3 is 0 Å². The zero-order chi connectivity index (χ0) is 0. The van der Waals surface area contributed by atoms with Crippen LogP contribution in [0.3, 0.4) is 0 Å². The molecule has 0 bridgehead atoms. The summed E-state index contributed by atoms with van der Waals surface area (Å²) in [6, 6.07) is 0. The van der Waals surface area contributed by atoms with Crippen molar-refractivity contribution in [1.29, 1.82) is 0 Å². The van der Waals surface area contributed by atoms with E-state index in [0.717, 1.165) is 0 Å². The van der Waals surface area contributed by atoms with Gasteiger partial charge in [0.15, 0.2) is 0 Å². The van der Waals surface area contributed by atoms with Gasteiger partial charge in [-0.25, -0.2) is 0 Å². The SMILES string of the molecule is [Bi].[Hg].[In].[Pb]. The normalized spacial score (nSPS) is 0. The Balaban J connectivity index is 0. The molecule has 0 rings (SSSR count). The van der Waals surface area contributed by atoms with E-state index in [9.17, 15) is 0 Å². The van der Waals surface area contributed by atoms with Gasteiger partial charge in [-0.3, -0.25) is 0 Å². The van der Waals surface area contributed by atoms with Crippen LogP contribution in [0.5, 0.6) is 0 Å². The molecular formula is BiHgInPb. The van der Waals surface area contributed by atoms with Crippen molar-refractivity contribution in [3.63, 3.8) is 0 Å². The fourth-order valence-electron chi connectivity index (χ4n) is 0. The van der Waals surface area contributed by atoms with E-state index in [0.29, 0.717) is 0 Å². The Bertz CT molecular complexity index is 8.00. The molecule has 0 saturated carbocycles. The summed E-state index contributed by atoms with van der Waals surface area (Å²) >= 11 is 0. The molecule has 0 aliphatic carbocycles. The first-order valence-electron chi connectivity index (χ1n) is 0. The zero-order valence-electron chi connectivity index (χ0n) is 2.23. The van der Waals surface area contributed by atoms with Crippen molar-refractivity contribution < 1.29 is 27.7 Å². The van der Waals surface area contributed by atoms with Crippen LogP contribution in [-0.2, 0) is 27.7 Å². The first-order valence-corrected chi connectivity index (χ1v) is 0. The van der Waals surface area contributed by atoms with Crippen molar-refractivity contribution in [2.75, 3.05) is 0 Å². The Morgan fingerprint density at radius 1 is 1.00 bits per heavy atom.